The summed E-state index contributed by atoms with van der Waals surface area (Å²) in [6.45, 7) is 7.53. The molecule has 1 aromatic carbocycles. The topological polar surface area (TPSA) is 93.4 Å². The van der Waals surface area contributed by atoms with E-state index >= 15 is 0 Å². The fourth-order valence-electron chi connectivity index (χ4n) is 3.02. The third-order valence-electron chi connectivity index (χ3n) is 4.69. The Morgan fingerprint density at radius 1 is 1.07 bits per heavy atom. The number of amides is 1. The number of nitrogens with zero attached hydrogens (tertiary/aromatic N) is 3. The average Bonchev–Trinajstić information content (AvgIpc) is 3.13. The summed E-state index contributed by atoms with van der Waals surface area (Å²) in [4.78, 5) is 13.8. The second kappa shape index (κ2) is 7.42. The second-order valence-corrected chi connectivity index (χ2v) is 9.77. The molecule has 3 rings (SSSR count). The minimum atomic E-state index is -3.96. The minimum absolute atomic E-state index is 0.0106. The van der Waals surface area contributed by atoms with Crippen molar-refractivity contribution in [2.24, 2.45) is 0 Å². The second-order valence-electron chi connectivity index (χ2n) is 7.90. The molecule has 1 fully saturated rings. The molecule has 27 heavy (non-hydrogen) atoms. The summed E-state index contributed by atoms with van der Waals surface area (Å²) in [5, 5.41) is 6.99. The normalized spacial score (nSPS) is 15.7. The van der Waals surface area contributed by atoms with Gasteiger partial charge in [0.25, 0.3) is 0 Å². The fourth-order valence-corrected chi connectivity index (χ4v) is 4.03. The molecule has 8 heteroatoms. The number of hydrogen-bond donors (Lipinski definition) is 0. The summed E-state index contributed by atoms with van der Waals surface area (Å²) in [5.74, 6) is -0.930. The van der Waals surface area contributed by atoms with Crippen LogP contribution in [0.25, 0.3) is 11.5 Å². The summed E-state index contributed by atoms with van der Waals surface area (Å²) in [6, 6.07) is 7.55. The predicted molar refractivity (Wildman–Crippen MR) is 101 cm³/mol. The summed E-state index contributed by atoms with van der Waals surface area (Å²) >= 11 is 0. The number of carbonyl (C=O) groups is 1. The highest BCUT2D eigenvalue weighted by atomic mass is 32.2. The molecule has 7 nitrogen and oxygen atoms in total. The SMILES string of the molecule is CC(C)(C)c1ccc(-c2nnc(S(=O)(=O)CC(=O)N3CCCCC3)o2)cc1. The Morgan fingerprint density at radius 3 is 2.30 bits per heavy atom. The van der Waals surface area contributed by atoms with E-state index < -0.39 is 26.7 Å². The van der Waals surface area contributed by atoms with Crippen LogP contribution in [0.1, 0.15) is 45.6 Å². The maximum Gasteiger partial charge on any atom is 0.336 e. The van der Waals surface area contributed by atoms with Crippen molar-refractivity contribution in [3.63, 3.8) is 0 Å². The van der Waals surface area contributed by atoms with Crippen LogP contribution in [0.15, 0.2) is 33.9 Å². The van der Waals surface area contributed by atoms with Gasteiger partial charge in [0.15, 0.2) is 0 Å². The van der Waals surface area contributed by atoms with Crippen LogP contribution < -0.4 is 0 Å². The highest BCUT2D eigenvalue weighted by Crippen LogP contribution is 2.26. The van der Waals surface area contributed by atoms with Crippen molar-refractivity contribution in [1.29, 1.82) is 0 Å². The van der Waals surface area contributed by atoms with Gasteiger partial charge in [0.2, 0.25) is 21.6 Å². The Bertz CT molecular complexity index is 905. The van der Waals surface area contributed by atoms with Crippen LogP contribution in [0.5, 0.6) is 0 Å². The molecule has 2 heterocycles. The van der Waals surface area contributed by atoms with E-state index in [0.717, 1.165) is 24.8 Å². The largest absolute Gasteiger partial charge is 0.408 e. The number of carbonyl (C=O) groups excluding carboxylic acids is 1. The summed E-state index contributed by atoms with van der Waals surface area (Å²) in [5.41, 5.74) is 1.79. The number of rotatable bonds is 4. The van der Waals surface area contributed by atoms with Gasteiger partial charge in [-0.05, 0) is 42.4 Å². The Balaban J connectivity index is 1.75. The van der Waals surface area contributed by atoms with E-state index in [1.165, 1.54) is 0 Å². The van der Waals surface area contributed by atoms with E-state index in [0.29, 0.717) is 18.7 Å². The average molecular weight is 391 g/mol. The van der Waals surface area contributed by atoms with Gasteiger partial charge in [-0.15, -0.1) is 5.10 Å². The van der Waals surface area contributed by atoms with Crippen molar-refractivity contribution in [3.8, 4) is 11.5 Å². The maximum atomic E-state index is 12.5. The lowest BCUT2D eigenvalue weighted by Crippen LogP contribution is -2.39. The van der Waals surface area contributed by atoms with Gasteiger partial charge in [-0.3, -0.25) is 4.79 Å². The third kappa shape index (κ3) is 4.55. The van der Waals surface area contributed by atoms with Crippen molar-refractivity contribution >= 4 is 15.7 Å². The van der Waals surface area contributed by atoms with Crippen molar-refractivity contribution in [2.45, 2.75) is 50.7 Å². The number of benzene rings is 1. The zero-order valence-corrected chi connectivity index (χ0v) is 16.8. The number of piperidine rings is 1. The van der Waals surface area contributed by atoms with Gasteiger partial charge in [-0.1, -0.05) is 38.0 Å². The zero-order valence-electron chi connectivity index (χ0n) is 15.9. The molecule has 0 N–H and O–H groups in total. The van der Waals surface area contributed by atoms with Gasteiger partial charge < -0.3 is 9.32 Å². The van der Waals surface area contributed by atoms with Crippen LogP contribution in [0.4, 0.5) is 0 Å². The molecular weight excluding hydrogens is 366 g/mol. The Kier molecular flexibility index (Phi) is 5.37. The summed E-state index contributed by atoms with van der Waals surface area (Å²) in [7, 11) is -3.96. The Morgan fingerprint density at radius 2 is 1.70 bits per heavy atom. The van der Waals surface area contributed by atoms with Crippen LogP contribution in [0, 0.1) is 0 Å². The molecule has 0 bridgehead atoms. The smallest absolute Gasteiger partial charge is 0.336 e. The lowest BCUT2D eigenvalue weighted by atomic mass is 9.87. The molecule has 0 spiro atoms. The number of aromatic nitrogens is 2. The lowest BCUT2D eigenvalue weighted by Gasteiger charge is -2.26. The van der Waals surface area contributed by atoms with Crippen molar-refractivity contribution in [1.82, 2.24) is 15.1 Å². The molecule has 0 saturated carbocycles. The molecule has 2 aromatic rings. The van der Waals surface area contributed by atoms with Gasteiger partial charge in [-0.25, -0.2) is 8.42 Å². The fraction of sp³-hybridized carbons (Fsp3) is 0.526. The molecule has 1 aliphatic heterocycles. The van der Waals surface area contributed by atoms with E-state index in [1.807, 2.05) is 24.3 Å². The standard InChI is InChI=1S/C19H25N3O4S/c1-19(2,3)15-9-7-14(8-10-15)17-20-21-18(26-17)27(24,25)13-16(23)22-11-5-4-6-12-22/h7-10H,4-6,11-13H2,1-3H3. The summed E-state index contributed by atoms with van der Waals surface area (Å²) < 4.78 is 30.3. The third-order valence-corrected chi connectivity index (χ3v) is 6.02. The zero-order chi connectivity index (χ0) is 19.7. The quantitative estimate of drug-likeness (QED) is 0.796. The van der Waals surface area contributed by atoms with Crippen LogP contribution >= 0.6 is 0 Å². The molecule has 146 valence electrons. The Hall–Kier alpha value is -2.22. The minimum Gasteiger partial charge on any atom is -0.408 e. The van der Waals surface area contributed by atoms with Gasteiger partial charge in [-0.2, -0.15) is 0 Å². The maximum absolute atomic E-state index is 12.5. The predicted octanol–water partition coefficient (Wildman–Crippen LogP) is 2.82. The highest BCUT2D eigenvalue weighted by Gasteiger charge is 2.29. The van der Waals surface area contributed by atoms with Gasteiger partial charge in [0, 0.05) is 18.7 Å². The summed E-state index contributed by atoms with van der Waals surface area (Å²) in [6.07, 6.45) is 2.87. The molecule has 0 aliphatic carbocycles. The van der Waals surface area contributed by atoms with Crippen LogP contribution in [0.2, 0.25) is 0 Å². The molecule has 1 aliphatic rings. The van der Waals surface area contributed by atoms with Gasteiger partial charge in [0.05, 0.1) is 0 Å². The first kappa shape index (κ1) is 19.5. The first-order valence-corrected chi connectivity index (χ1v) is 10.8. The number of sulfone groups is 1. The van der Waals surface area contributed by atoms with E-state index in [2.05, 4.69) is 31.0 Å². The van der Waals surface area contributed by atoms with Crippen molar-refractivity contribution in [2.75, 3.05) is 18.8 Å². The van der Waals surface area contributed by atoms with E-state index in [1.54, 1.807) is 4.90 Å². The molecule has 0 radical (unpaired) electrons. The van der Waals surface area contributed by atoms with Crippen molar-refractivity contribution in [3.05, 3.63) is 29.8 Å². The molecular formula is C19H25N3O4S. The van der Waals surface area contributed by atoms with Gasteiger partial charge >= 0.3 is 5.22 Å². The van der Waals surface area contributed by atoms with Crippen LogP contribution in [0.3, 0.4) is 0 Å². The van der Waals surface area contributed by atoms with Crippen molar-refractivity contribution < 1.29 is 17.6 Å². The number of likely N-dealkylation sites (tertiary alicyclic amines) is 1. The molecule has 0 unspecified atom stereocenters. The molecule has 0 atom stereocenters. The van der Waals surface area contributed by atoms with Gasteiger partial charge in [0.1, 0.15) is 5.75 Å². The lowest BCUT2D eigenvalue weighted by molar-refractivity contribution is -0.129. The first-order chi connectivity index (χ1) is 12.7. The number of hydrogen-bond acceptors (Lipinski definition) is 6. The molecule has 1 amide bonds. The van der Waals surface area contributed by atoms with E-state index in [4.69, 9.17) is 4.42 Å². The first-order valence-electron chi connectivity index (χ1n) is 9.12. The van der Waals surface area contributed by atoms with E-state index in [9.17, 15) is 13.2 Å². The van der Waals surface area contributed by atoms with Crippen LogP contribution in [-0.2, 0) is 20.0 Å². The highest BCUT2D eigenvalue weighted by molar-refractivity contribution is 7.91. The molecule has 1 saturated heterocycles. The molecule has 1 aromatic heterocycles. The van der Waals surface area contributed by atoms with E-state index in [-0.39, 0.29) is 11.3 Å². The Labute approximate surface area is 159 Å². The van der Waals surface area contributed by atoms with Crippen LogP contribution in [-0.4, -0.2) is 48.3 Å². The monoisotopic (exact) mass is 391 g/mol.